The number of fused-ring (bicyclic) bond motifs is 3. The van der Waals surface area contributed by atoms with Gasteiger partial charge in [-0.2, -0.15) is 0 Å². The molecule has 2 aromatic heterocycles. The van der Waals surface area contributed by atoms with Crippen molar-refractivity contribution in [2.24, 2.45) is 7.05 Å². The first-order valence-corrected chi connectivity index (χ1v) is 5.55. The molecule has 0 N–H and O–H groups in total. The summed E-state index contributed by atoms with van der Waals surface area (Å²) in [7, 11) is 1.76. The maximum absolute atomic E-state index is 11.9. The Kier molecular flexibility index (Phi) is 1.56. The topological polar surface area (TPSA) is 34.9 Å². The van der Waals surface area contributed by atoms with Crippen LogP contribution in [0.25, 0.3) is 10.2 Å². The van der Waals surface area contributed by atoms with Gasteiger partial charge in [-0.15, -0.1) is 11.3 Å². The summed E-state index contributed by atoms with van der Waals surface area (Å²) in [6, 6.07) is 0. The molecule has 3 rings (SSSR count). The Morgan fingerprint density at radius 2 is 2.36 bits per heavy atom. The highest BCUT2D eigenvalue weighted by Gasteiger charge is 2.20. The van der Waals surface area contributed by atoms with Gasteiger partial charge in [-0.05, 0) is 24.8 Å². The lowest BCUT2D eigenvalue weighted by molar-refractivity contribution is 0.841. The predicted molar refractivity (Wildman–Crippen MR) is 56.9 cm³/mol. The van der Waals surface area contributed by atoms with Gasteiger partial charge in [-0.3, -0.25) is 4.79 Å². The molecule has 14 heavy (non-hydrogen) atoms. The fraction of sp³-hybridized carbons (Fsp3) is 0.400. The van der Waals surface area contributed by atoms with Gasteiger partial charge in [0.15, 0.2) is 0 Å². The second-order valence-corrected chi connectivity index (χ2v) is 4.78. The van der Waals surface area contributed by atoms with Crippen molar-refractivity contribution in [1.29, 1.82) is 0 Å². The van der Waals surface area contributed by atoms with Crippen molar-refractivity contribution in [1.82, 2.24) is 9.55 Å². The Hall–Kier alpha value is -1.16. The van der Waals surface area contributed by atoms with E-state index in [2.05, 4.69) is 4.98 Å². The highest BCUT2D eigenvalue weighted by Crippen LogP contribution is 2.34. The molecule has 72 valence electrons. The van der Waals surface area contributed by atoms with Gasteiger partial charge in [0.2, 0.25) is 0 Å². The average Bonchev–Trinajstić information content (AvgIpc) is 2.70. The van der Waals surface area contributed by atoms with E-state index in [-0.39, 0.29) is 5.56 Å². The molecule has 2 aromatic rings. The lowest BCUT2D eigenvalue weighted by Crippen LogP contribution is -2.16. The van der Waals surface area contributed by atoms with Crippen LogP contribution in [-0.4, -0.2) is 9.55 Å². The Labute approximate surface area is 85.0 Å². The normalized spacial score (nSPS) is 14.9. The van der Waals surface area contributed by atoms with Gasteiger partial charge in [0, 0.05) is 11.9 Å². The highest BCUT2D eigenvalue weighted by atomic mass is 32.1. The summed E-state index contributed by atoms with van der Waals surface area (Å²) in [6.45, 7) is 0. The van der Waals surface area contributed by atoms with Gasteiger partial charge < -0.3 is 4.57 Å². The molecule has 4 heteroatoms. The Morgan fingerprint density at radius 3 is 3.21 bits per heavy atom. The molecule has 0 saturated heterocycles. The summed E-state index contributed by atoms with van der Waals surface area (Å²) >= 11 is 1.68. The van der Waals surface area contributed by atoms with Crippen LogP contribution in [0.15, 0.2) is 11.1 Å². The van der Waals surface area contributed by atoms with E-state index in [0.29, 0.717) is 0 Å². The summed E-state index contributed by atoms with van der Waals surface area (Å²) in [5.41, 5.74) is 1.37. The van der Waals surface area contributed by atoms with Crippen molar-refractivity contribution in [3.63, 3.8) is 0 Å². The van der Waals surface area contributed by atoms with Gasteiger partial charge in [0.25, 0.3) is 5.56 Å². The van der Waals surface area contributed by atoms with Crippen LogP contribution in [0.4, 0.5) is 0 Å². The number of aryl methyl sites for hydroxylation is 3. The second kappa shape index (κ2) is 2.67. The standard InChI is InChI=1S/C10H10N2OS/c1-12-5-11-9-8(10(12)13)6-3-2-4-7(6)14-9/h5H,2-4H2,1H3. The molecule has 0 atom stereocenters. The van der Waals surface area contributed by atoms with Crippen molar-refractivity contribution in [3.05, 3.63) is 27.1 Å². The van der Waals surface area contributed by atoms with E-state index in [4.69, 9.17) is 0 Å². The van der Waals surface area contributed by atoms with Gasteiger partial charge >= 0.3 is 0 Å². The third kappa shape index (κ3) is 0.917. The van der Waals surface area contributed by atoms with Crippen LogP contribution >= 0.6 is 11.3 Å². The predicted octanol–water partition coefficient (Wildman–Crippen LogP) is 1.48. The minimum Gasteiger partial charge on any atom is -0.302 e. The van der Waals surface area contributed by atoms with Crippen LogP contribution in [0.5, 0.6) is 0 Å². The van der Waals surface area contributed by atoms with Crippen molar-refractivity contribution in [2.75, 3.05) is 0 Å². The van der Waals surface area contributed by atoms with Crippen molar-refractivity contribution < 1.29 is 0 Å². The molecule has 0 saturated carbocycles. The first-order valence-electron chi connectivity index (χ1n) is 4.73. The SMILES string of the molecule is Cn1cnc2sc3c(c2c1=O)CCC3. The molecule has 0 spiro atoms. The fourth-order valence-corrected chi connectivity index (χ4v) is 3.29. The Bertz CT molecular complexity index is 567. The molecule has 1 aliphatic carbocycles. The quantitative estimate of drug-likeness (QED) is 0.654. The largest absolute Gasteiger partial charge is 0.302 e. The van der Waals surface area contributed by atoms with Crippen LogP contribution in [-0.2, 0) is 19.9 Å². The molecule has 0 bridgehead atoms. The van der Waals surface area contributed by atoms with E-state index in [0.717, 1.165) is 23.1 Å². The molecule has 0 aromatic carbocycles. The van der Waals surface area contributed by atoms with Gasteiger partial charge in [-0.1, -0.05) is 0 Å². The minimum atomic E-state index is 0.106. The van der Waals surface area contributed by atoms with Crippen LogP contribution < -0.4 is 5.56 Å². The number of nitrogens with zero attached hydrogens (tertiary/aromatic N) is 2. The molecule has 0 amide bonds. The van der Waals surface area contributed by atoms with Gasteiger partial charge in [0.1, 0.15) is 4.83 Å². The number of thiophene rings is 1. The molecular formula is C10H10N2OS. The number of rotatable bonds is 0. The van der Waals surface area contributed by atoms with E-state index < -0.39 is 0 Å². The van der Waals surface area contributed by atoms with Gasteiger partial charge in [0.05, 0.1) is 11.7 Å². The summed E-state index contributed by atoms with van der Waals surface area (Å²) in [5, 5.41) is 0.868. The van der Waals surface area contributed by atoms with Crippen LogP contribution in [0.1, 0.15) is 16.9 Å². The maximum Gasteiger partial charge on any atom is 0.262 e. The lowest BCUT2D eigenvalue weighted by atomic mass is 10.2. The van der Waals surface area contributed by atoms with Crippen LogP contribution in [0.3, 0.4) is 0 Å². The lowest BCUT2D eigenvalue weighted by Gasteiger charge is -1.96. The van der Waals surface area contributed by atoms with Gasteiger partial charge in [-0.25, -0.2) is 4.98 Å². The third-order valence-corrected chi connectivity index (χ3v) is 3.98. The molecule has 1 aliphatic rings. The number of aromatic nitrogens is 2. The summed E-state index contributed by atoms with van der Waals surface area (Å²) in [5.74, 6) is 0. The Morgan fingerprint density at radius 1 is 1.50 bits per heavy atom. The zero-order chi connectivity index (χ0) is 9.71. The third-order valence-electron chi connectivity index (χ3n) is 2.79. The number of hydrogen-bond donors (Lipinski definition) is 0. The van der Waals surface area contributed by atoms with E-state index >= 15 is 0 Å². The highest BCUT2D eigenvalue weighted by molar-refractivity contribution is 7.18. The van der Waals surface area contributed by atoms with E-state index in [1.165, 1.54) is 16.9 Å². The zero-order valence-electron chi connectivity index (χ0n) is 7.91. The first-order chi connectivity index (χ1) is 6.77. The van der Waals surface area contributed by atoms with Crippen LogP contribution in [0.2, 0.25) is 0 Å². The van der Waals surface area contributed by atoms with Crippen molar-refractivity contribution >= 4 is 21.6 Å². The smallest absolute Gasteiger partial charge is 0.262 e. The summed E-state index contributed by atoms with van der Waals surface area (Å²) in [4.78, 5) is 18.5. The summed E-state index contributed by atoms with van der Waals surface area (Å²) in [6.07, 6.45) is 4.97. The maximum atomic E-state index is 11.9. The van der Waals surface area contributed by atoms with E-state index in [1.54, 1.807) is 29.3 Å². The first kappa shape index (κ1) is 8.17. The molecule has 0 unspecified atom stereocenters. The number of hydrogen-bond acceptors (Lipinski definition) is 3. The molecular weight excluding hydrogens is 196 g/mol. The molecule has 0 radical (unpaired) electrons. The summed E-state index contributed by atoms with van der Waals surface area (Å²) < 4.78 is 1.56. The Balaban J connectivity index is 2.52. The molecule has 0 aliphatic heterocycles. The van der Waals surface area contributed by atoms with Crippen molar-refractivity contribution in [3.8, 4) is 0 Å². The van der Waals surface area contributed by atoms with Crippen molar-refractivity contribution in [2.45, 2.75) is 19.3 Å². The minimum absolute atomic E-state index is 0.106. The molecule has 3 nitrogen and oxygen atoms in total. The molecule has 2 heterocycles. The average molecular weight is 206 g/mol. The monoisotopic (exact) mass is 206 g/mol. The molecule has 0 fully saturated rings. The zero-order valence-corrected chi connectivity index (χ0v) is 8.73. The van der Waals surface area contributed by atoms with E-state index in [9.17, 15) is 4.79 Å². The fourth-order valence-electron chi connectivity index (χ4n) is 2.07. The van der Waals surface area contributed by atoms with Crippen LogP contribution in [0, 0.1) is 0 Å². The second-order valence-electron chi connectivity index (χ2n) is 3.70. The van der Waals surface area contributed by atoms with E-state index in [1.807, 2.05) is 0 Å².